The van der Waals surface area contributed by atoms with Gasteiger partial charge in [0, 0.05) is 17.6 Å². The van der Waals surface area contributed by atoms with Crippen molar-refractivity contribution in [2.75, 3.05) is 0 Å². The Labute approximate surface area is 110 Å². The molecule has 3 aromatic rings. The van der Waals surface area contributed by atoms with Crippen LogP contribution in [-0.4, -0.2) is 15.0 Å². The number of rotatable bonds is 2. The van der Waals surface area contributed by atoms with Gasteiger partial charge in [-0.1, -0.05) is 23.7 Å². The minimum absolute atomic E-state index is 0.751. The van der Waals surface area contributed by atoms with E-state index in [9.17, 15) is 0 Å². The fraction of sp³-hybridized carbons (Fsp3) is 0.143. The Hall–Kier alpha value is -1.87. The zero-order valence-electron chi connectivity index (χ0n) is 9.94. The van der Waals surface area contributed by atoms with Gasteiger partial charge >= 0.3 is 0 Å². The van der Waals surface area contributed by atoms with Crippen LogP contribution in [-0.2, 0) is 6.42 Å². The van der Waals surface area contributed by atoms with Crippen LogP contribution in [0.15, 0.2) is 36.5 Å². The molecule has 90 valence electrons. The fourth-order valence-electron chi connectivity index (χ4n) is 1.96. The maximum Gasteiger partial charge on any atom is 0.177 e. The van der Waals surface area contributed by atoms with Gasteiger partial charge in [-0.15, -0.1) is 0 Å². The average molecular weight is 258 g/mol. The van der Waals surface area contributed by atoms with Crippen molar-refractivity contribution in [3.63, 3.8) is 0 Å². The van der Waals surface area contributed by atoms with E-state index in [1.54, 1.807) is 6.20 Å². The lowest BCUT2D eigenvalue weighted by molar-refractivity contribution is 1.03. The summed E-state index contributed by atoms with van der Waals surface area (Å²) >= 11 is 5.87. The van der Waals surface area contributed by atoms with Crippen LogP contribution in [0.25, 0.3) is 11.2 Å². The van der Waals surface area contributed by atoms with E-state index in [2.05, 4.69) is 15.0 Å². The average Bonchev–Trinajstić information content (AvgIpc) is 2.76. The summed E-state index contributed by atoms with van der Waals surface area (Å²) in [4.78, 5) is 12.1. The molecule has 18 heavy (non-hydrogen) atoms. The molecule has 0 fully saturated rings. The maximum absolute atomic E-state index is 5.87. The Bertz CT molecular complexity index is 686. The van der Waals surface area contributed by atoms with Crippen LogP contribution in [0.2, 0.25) is 5.02 Å². The van der Waals surface area contributed by atoms with Crippen molar-refractivity contribution in [3.8, 4) is 0 Å². The molecular formula is C14H12ClN3. The van der Waals surface area contributed by atoms with E-state index in [-0.39, 0.29) is 0 Å². The third-order valence-corrected chi connectivity index (χ3v) is 3.19. The summed E-state index contributed by atoms with van der Waals surface area (Å²) in [5, 5.41) is 0.751. The van der Waals surface area contributed by atoms with Crippen LogP contribution < -0.4 is 0 Å². The van der Waals surface area contributed by atoms with Gasteiger partial charge < -0.3 is 4.98 Å². The molecule has 0 saturated carbocycles. The summed E-state index contributed by atoms with van der Waals surface area (Å²) in [7, 11) is 0. The van der Waals surface area contributed by atoms with Crippen LogP contribution in [0.3, 0.4) is 0 Å². The van der Waals surface area contributed by atoms with Crippen molar-refractivity contribution in [1.82, 2.24) is 15.0 Å². The molecule has 0 aliphatic heterocycles. The quantitative estimate of drug-likeness (QED) is 0.763. The molecule has 0 atom stereocenters. The first-order valence-corrected chi connectivity index (χ1v) is 6.15. The summed E-state index contributed by atoms with van der Waals surface area (Å²) in [5.41, 5.74) is 4.13. The van der Waals surface area contributed by atoms with Gasteiger partial charge in [-0.05, 0) is 36.2 Å². The second-order valence-corrected chi connectivity index (χ2v) is 4.75. The van der Waals surface area contributed by atoms with Crippen LogP contribution >= 0.6 is 11.6 Å². The number of hydrogen-bond donors (Lipinski definition) is 1. The van der Waals surface area contributed by atoms with E-state index in [1.165, 1.54) is 5.56 Å². The largest absolute Gasteiger partial charge is 0.340 e. The Morgan fingerprint density at radius 1 is 1.17 bits per heavy atom. The standard InChI is InChI=1S/C14H12ClN3/c1-9-6-7-16-14-13(9)17-12(18-14)8-10-2-4-11(15)5-3-10/h2-7H,8H2,1H3,(H,16,17,18). The molecule has 0 amide bonds. The number of nitrogens with one attached hydrogen (secondary N) is 1. The highest BCUT2D eigenvalue weighted by molar-refractivity contribution is 6.30. The number of aromatic amines is 1. The first kappa shape index (κ1) is 11.2. The summed E-state index contributed by atoms with van der Waals surface area (Å²) < 4.78 is 0. The molecule has 1 N–H and O–H groups in total. The first-order chi connectivity index (χ1) is 8.72. The molecule has 1 aromatic carbocycles. The van der Waals surface area contributed by atoms with Gasteiger partial charge in [0.05, 0.1) is 5.52 Å². The lowest BCUT2D eigenvalue weighted by atomic mass is 10.1. The fourth-order valence-corrected chi connectivity index (χ4v) is 2.09. The molecule has 2 aromatic heterocycles. The van der Waals surface area contributed by atoms with Gasteiger partial charge in [-0.3, -0.25) is 0 Å². The molecule has 4 heteroatoms. The Morgan fingerprint density at radius 3 is 2.67 bits per heavy atom. The molecule has 0 radical (unpaired) electrons. The van der Waals surface area contributed by atoms with Crippen molar-refractivity contribution >= 4 is 22.8 Å². The number of hydrogen-bond acceptors (Lipinski definition) is 2. The Balaban J connectivity index is 1.95. The second kappa shape index (κ2) is 4.42. The normalized spacial score (nSPS) is 11.0. The molecule has 0 aliphatic carbocycles. The third-order valence-electron chi connectivity index (χ3n) is 2.93. The summed E-state index contributed by atoms with van der Waals surface area (Å²) in [6.45, 7) is 2.05. The molecule has 0 spiro atoms. The zero-order valence-corrected chi connectivity index (χ0v) is 10.7. The van der Waals surface area contributed by atoms with Crippen LogP contribution in [0.4, 0.5) is 0 Å². The number of benzene rings is 1. The smallest absolute Gasteiger partial charge is 0.177 e. The highest BCUT2D eigenvalue weighted by atomic mass is 35.5. The van der Waals surface area contributed by atoms with E-state index in [0.29, 0.717) is 0 Å². The van der Waals surface area contributed by atoms with E-state index in [1.807, 2.05) is 37.3 Å². The van der Waals surface area contributed by atoms with Crippen molar-refractivity contribution in [2.24, 2.45) is 0 Å². The number of pyridine rings is 1. The minimum Gasteiger partial charge on any atom is -0.340 e. The monoisotopic (exact) mass is 257 g/mol. The summed E-state index contributed by atoms with van der Waals surface area (Å²) in [6, 6.07) is 9.78. The molecule has 0 saturated heterocycles. The van der Waals surface area contributed by atoms with Crippen molar-refractivity contribution < 1.29 is 0 Å². The van der Waals surface area contributed by atoms with E-state index < -0.39 is 0 Å². The lowest BCUT2D eigenvalue weighted by Crippen LogP contribution is -1.90. The minimum atomic E-state index is 0.751. The Morgan fingerprint density at radius 2 is 1.94 bits per heavy atom. The predicted octanol–water partition coefficient (Wildman–Crippen LogP) is 3.51. The summed E-state index contributed by atoms with van der Waals surface area (Å²) in [6.07, 6.45) is 2.54. The number of aromatic nitrogens is 3. The molecule has 0 bridgehead atoms. The van der Waals surface area contributed by atoms with Crippen LogP contribution in [0.5, 0.6) is 0 Å². The van der Waals surface area contributed by atoms with Crippen molar-refractivity contribution in [2.45, 2.75) is 13.3 Å². The zero-order chi connectivity index (χ0) is 12.5. The van der Waals surface area contributed by atoms with Gasteiger partial charge in [-0.2, -0.15) is 0 Å². The summed E-state index contributed by atoms with van der Waals surface area (Å²) in [5.74, 6) is 0.925. The van der Waals surface area contributed by atoms with Gasteiger partial charge in [0.25, 0.3) is 0 Å². The van der Waals surface area contributed by atoms with Gasteiger partial charge in [0.15, 0.2) is 5.65 Å². The van der Waals surface area contributed by atoms with Crippen LogP contribution in [0, 0.1) is 6.92 Å². The van der Waals surface area contributed by atoms with Gasteiger partial charge in [-0.25, -0.2) is 9.97 Å². The number of fused-ring (bicyclic) bond motifs is 1. The van der Waals surface area contributed by atoms with Crippen molar-refractivity contribution in [1.29, 1.82) is 0 Å². The first-order valence-electron chi connectivity index (χ1n) is 5.77. The third kappa shape index (κ3) is 2.09. The number of aryl methyl sites for hydroxylation is 1. The molecule has 2 heterocycles. The number of nitrogens with zero attached hydrogens (tertiary/aromatic N) is 2. The van der Waals surface area contributed by atoms with Gasteiger partial charge in [0.2, 0.25) is 0 Å². The number of halogens is 1. The highest BCUT2D eigenvalue weighted by Crippen LogP contribution is 2.16. The van der Waals surface area contributed by atoms with E-state index >= 15 is 0 Å². The number of H-pyrrole nitrogens is 1. The van der Waals surface area contributed by atoms with Crippen molar-refractivity contribution in [3.05, 3.63) is 58.5 Å². The van der Waals surface area contributed by atoms with Gasteiger partial charge in [0.1, 0.15) is 5.82 Å². The predicted molar refractivity (Wildman–Crippen MR) is 72.9 cm³/mol. The molecule has 3 nitrogen and oxygen atoms in total. The number of imidazole rings is 1. The second-order valence-electron chi connectivity index (χ2n) is 4.31. The molecule has 3 rings (SSSR count). The SMILES string of the molecule is Cc1ccnc2nc(Cc3ccc(Cl)cc3)[nH]c12. The molecular weight excluding hydrogens is 246 g/mol. The van der Waals surface area contributed by atoms with Crippen LogP contribution in [0.1, 0.15) is 17.0 Å². The maximum atomic E-state index is 5.87. The van der Waals surface area contributed by atoms with E-state index in [0.717, 1.165) is 34.0 Å². The highest BCUT2D eigenvalue weighted by Gasteiger charge is 2.06. The topological polar surface area (TPSA) is 41.6 Å². The lowest BCUT2D eigenvalue weighted by Gasteiger charge is -1.97. The Kier molecular flexibility index (Phi) is 2.76. The molecule has 0 aliphatic rings. The molecule has 0 unspecified atom stereocenters. The van der Waals surface area contributed by atoms with E-state index in [4.69, 9.17) is 11.6 Å².